The number of nitrogens with one attached hydrogen (secondary N) is 4. The number of aromatic nitrogens is 6. The van der Waals surface area contributed by atoms with Gasteiger partial charge in [0, 0.05) is 9.81 Å². The van der Waals surface area contributed by atoms with Crippen molar-refractivity contribution in [3.63, 3.8) is 0 Å². The predicted octanol–water partition coefficient (Wildman–Crippen LogP) is -1.93. The summed E-state index contributed by atoms with van der Waals surface area (Å²) >= 11 is 8.77. The quantitative estimate of drug-likeness (QED) is 0.0649. The highest BCUT2D eigenvalue weighted by Crippen LogP contribution is 2.60. The Kier molecular flexibility index (Phi) is 8.86. The van der Waals surface area contributed by atoms with Crippen LogP contribution >= 0.6 is 40.9 Å². The molecule has 0 spiro atoms. The highest BCUT2D eigenvalue weighted by Gasteiger charge is 2.48. The summed E-state index contributed by atoms with van der Waals surface area (Å²) in [5.41, 5.74) is 11.5. The fourth-order valence-corrected chi connectivity index (χ4v) is 7.60. The molecule has 22 nitrogen and oxygen atoms in total. The number of nitrogens with zero attached hydrogens (tertiary/aromatic N) is 4. The van der Waals surface area contributed by atoms with Crippen LogP contribution in [-0.4, -0.2) is 94.8 Å². The largest absolute Gasteiger partial charge is 0.481 e. The minimum absolute atomic E-state index is 0.0745. The zero-order valence-electron chi connectivity index (χ0n) is 22.9. The van der Waals surface area contributed by atoms with Gasteiger partial charge in [-0.15, -0.1) is 25.3 Å². The molecule has 0 radical (unpaired) electrons. The number of anilines is 4. The molecule has 12 N–H and O–H groups in total. The van der Waals surface area contributed by atoms with Crippen molar-refractivity contribution in [1.29, 1.82) is 0 Å². The number of thiol groups is 2. The molecule has 1 saturated heterocycles. The summed E-state index contributed by atoms with van der Waals surface area (Å²) in [7, 11) is -10.6. The lowest BCUT2D eigenvalue weighted by molar-refractivity contribution is -0.745. The molecule has 9 unspecified atom stereocenters. The number of phosphoric ester groups is 2. The van der Waals surface area contributed by atoms with Gasteiger partial charge in [0.05, 0.1) is 13.2 Å². The van der Waals surface area contributed by atoms with E-state index in [2.05, 4.69) is 65.1 Å². The Bertz CT molecular complexity index is 1860. The van der Waals surface area contributed by atoms with Crippen LogP contribution in [0.15, 0.2) is 27.3 Å². The summed E-state index contributed by atoms with van der Waals surface area (Å²) in [5, 5.41) is 26.8. The Morgan fingerprint density at radius 1 is 1.02 bits per heavy atom. The number of hydrogen-bond donors (Lipinski definition) is 12. The Morgan fingerprint density at radius 3 is 2.48 bits per heavy atom. The molecule has 6 rings (SSSR count). The molecule has 3 aromatic heterocycles. The maximum Gasteiger partial charge on any atom is 0.481 e. The number of rotatable bonds is 9. The standard InChI is InChI=1S/C20H26N10O12P2S2/c21-14-8-16(24-3-23-14)30(4-25-8)19-11(32)10(31)5(41-19)1-38-43(34,35)42-44(36,37)39-2-6-12(45)13(46)7-18(40-6)27-15-9(26-7)17(33)29-20(22)28-15/h3-7,10-11,18-19,26,31-32H,1-2H2,(H10,21,22,23,24,27,28,29,33,34,35,36,37,45,46)/p+1. The molecule has 1 fully saturated rings. The number of fused-ring (bicyclic) bond motifs is 3. The van der Waals surface area contributed by atoms with E-state index in [0.29, 0.717) is 5.52 Å². The molecular weight excluding hydrogens is 698 g/mol. The van der Waals surface area contributed by atoms with Gasteiger partial charge in [-0.1, -0.05) is 4.98 Å². The van der Waals surface area contributed by atoms with Crippen molar-refractivity contribution in [2.75, 3.05) is 35.3 Å². The first kappa shape index (κ1) is 33.1. The van der Waals surface area contributed by atoms with Crippen LogP contribution in [0.5, 0.6) is 0 Å². The average Bonchev–Trinajstić information content (AvgIpc) is 3.53. The van der Waals surface area contributed by atoms with Crippen molar-refractivity contribution in [1.82, 2.24) is 24.9 Å². The molecule has 3 aliphatic heterocycles. The number of H-pyrrole nitrogens is 2. The van der Waals surface area contributed by atoms with Crippen LogP contribution in [0.1, 0.15) is 6.23 Å². The van der Waals surface area contributed by atoms with E-state index >= 15 is 0 Å². The Labute approximate surface area is 267 Å². The van der Waals surface area contributed by atoms with E-state index in [9.17, 15) is 33.9 Å². The van der Waals surface area contributed by atoms with E-state index in [4.69, 9.17) is 30.0 Å². The number of imidazole rings is 1. The Morgan fingerprint density at radius 2 is 1.74 bits per heavy atom. The topological polar surface area (TPSA) is 329 Å². The number of nitrogen functional groups attached to an aromatic ring is 2. The predicted molar refractivity (Wildman–Crippen MR) is 161 cm³/mol. The second kappa shape index (κ2) is 12.3. The number of phosphoric acid groups is 2. The zero-order valence-corrected chi connectivity index (χ0v) is 26.5. The SMILES string of the molecule is Nc1nc2c(c(=O)[nH]1)NC1C(S)=C(S)C(COP(=O)(O)OP(=O)(O)OCC3OC([n+]4c[nH]c5c(N)ncnc54)C(O)C3O)OC1N2. The first-order chi connectivity index (χ1) is 21.6. The molecule has 46 heavy (non-hydrogen) atoms. The third-order valence-electron chi connectivity index (χ3n) is 7.05. The van der Waals surface area contributed by atoms with Crippen LogP contribution in [-0.2, 0) is 32.0 Å². The molecule has 250 valence electrons. The van der Waals surface area contributed by atoms with Crippen molar-refractivity contribution in [3.05, 3.63) is 32.8 Å². The minimum Gasteiger partial charge on any atom is -0.387 e. The second-order valence-electron chi connectivity index (χ2n) is 10.1. The number of ether oxygens (including phenoxy) is 2. The molecule has 3 aliphatic rings. The van der Waals surface area contributed by atoms with Crippen LogP contribution in [0.25, 0.3) is 11.2 Å². The molecule has 0 saturated carbocycles. The first-order valence-corrected chi connectivity index (χ1v) is 16.9. The minimum atomic E-state index is -5.33. The van der Waals surface area contributed by atoms with E-state index in [0.717, 1.165) is 0 Å². The summed E-state index contributed by atoms with van der Waals surface area (Å²) in [6, 6.07) is -0.721. The van der Waals surface area contributed by atoms with Crippen LogP contribution in [0.4, 0.5) is 23.3 Å². The fraction of sp³-hybridized carbons (Fsp3) is 0.450. The molecule has 0 aliphatic carbocycles. The molecule has 6 heterocycles. The third-order valence-corrected chi connectivity index (χ3v) is 10.9. The van der Waals surface area contributed by atoms with Crippen molar-refractivity contribution < 1.29 is 56.5 Å². The van der Waals surface area contributed by atoms with Crippen LogP contribution in [0, 0.1) is 0 Å². The highest BCUT2D eigenvalue weighted by atomic mass is 32.1. The fourth-order valence-electron chi connectivity index (χ4n) is 4.90. The number of aliphatic hydroxyl groups excluding tert-OH is 2. The van der Waals surface area contributed by atoms with Crippen LogP contribution < -0.4 is 32.2 Å². The lowest BCUT2D eigenvalue weighted by atomic mass is 10.1. The number of nitrogens with two attached hydrogens (primary N) is 2. The first-order valence-electron chi connectivity index (χ1n) is 13.0. The Balaban J connectivity index is 1.05. The van der Waals surface area contributed by atoms with Crippen molar-refractivity contribution in [2.24, 2.45) is 0 Å². The molecule has 9 atom stereocenters. The van der Waals surface area contributed by atoms with Gasteiger partial charge in [0.1, 0.15) is 36.1 Å². The number of aliphatic hydroxyl groups is 2. The number of aromatic amines is 2. The van der Waals surface area contributed by atoms with Crippen LogP contribution in [0.2, 0.25) is 0 Å². The molecule has 0 bridgehead atoms. The van der Waals surface area contributed by atoms with Gasteiger partial charge in [0.25, 0.3) is 5.56 Å². The summed E-state index contributed by atoms with van der Waals surface area (Å²) in [6.07, 6.45) is -5.32. The van der Waals surface area contributed by atoms with Gasteiger partial charge in [-0.25, -0.2) is 13.7 Å². The van der Waals surface area contributed by atoms with Gasteiger partial charge in [-0.3, -0.25) is 23.8 Å². The maximum atomic E-state index is 12.6. The molecule has 0 amide bonds. The van der Waals surface area contributed by atoms with E-state index in [-0.39, 0.29) is 38.7 Å². The summed E-state index contributed by atoms with van der Waals surface area (Å²) in [5.74, 6) is 0.0395. The van der Waals surface area contributed by atoms with Crippen molar-refractivity contribution >= 4 is 75.3 Å². The van der Waals surface area contributed by atoms with Gasteiger partial charge >= 0.3 is 21.3 Å². The van der Waals surface area contributed by atoms with Crippen molar-refractivity contribution in [3.8, 4) is 0 Å². The van der Waals surface area contributed by atoms with E-state index in [1.54, 1.807) is 0 Å². The number of hydrogen-bond acceptors (Lipinski definition) is 19. The molecule has 26 heteroatoms. The van der Waals surface area contributed by atoms with E-state index in [1.807, 2.05) is 0 Å². The summed E-state index contributed by atoms with van der Waals surface area (Å²) < 4.78 is 52.0. The van der Waals surface area contributed by atoms with Gasteiger partial charge in [0.15, 0.2) is 30.5 Å². The molecule has 3 aromatic rings. The molecular formula is C20H27N10O12P2S2+. The second-order valence-corrected chi connectivity index (χ2v) is 14.1. The summed E-state index contributed by atoms with van der Waals surface area (Å²) in [6.45, 7) is -1.57. The van der Waals surface area contributed by atoms with E-state index in [1.165, 1.54) is 17.2 Å². The molecule has 0 aromatic carbocycles. The van der Waals surface area contributed by atoms with Gasteiger partial charge in [-0.05, 0) is 0 Å². The average molecular weight is 726 g/mol. The third kappa shape index (κ3) is 6.36. The smallest absolute Gasteiger partial charge is 0.387 e. The van der Waals surface area contributed by atoms with Crippen LogP contribution in [0.3, 0.4) is 0 Å². The lowest BCUT2D eigenvalue weighted by Crippen LogP contribution is -2.52. The monoisotopic (exact) mass is 725 g/mol. The van der Waals surface area contributed by atoms with Gasteiger partial charge in [-0.2, -0.15) is 14.3 Å². The Hall–Kier alpha value is -2.83. The van der Waals surface area contributed by atoms with Crippen molar-refractivity contribution in [2.45, 2.75) is 42.9 Å². The highest BCUT2D eigenvalue weighted by molar-refractivity contribution is 7.88. The van der Waals surface area contributed by atoms with Gasteiger partial charge < -0.3 is 51.6 Å². The van der Waals surface area contributed by atoms with Gasteiger partial charge in [0.2, 0.25) is 17.7 Å². The zero-order chi connectivity index (χ0) is 33.1. The summed E-state index contributed by atoms with van der Waals surface area (Å²) in [4.78, 5) is 50.0. The lowest BCUT2D eigenvalue weighted by Gasteiger charge is -2.41. The normalized spacial score (nSPS) is 30.2. The van der Waals surface area contributed by atoms with E-state index < -0.39 is 77.3 Å². The maximum absolute atomic E-state index is 12.6.